The molecule has 64 valence electrons. The Bertz CT molecular complexity index is 297. The molecule has 0 fully saturated rings. The van der Waals surface area contributed by atoms with Gasteiger partial charge in [0.1, 0.15) is 0 Å². The van der Waals surface area contributed by atoms with Gasteiger partial charge in [0.05, 0.1) is 0 Å². The van der Waals surface area contributed by atoms with Gasteiger partial charge in [-0.3, -0.25) is 0 Å². The average Bonchev–Trinajstić information content (AvgIpc) is 2.03. The molecular weight excluding hydrogens is 172 g/mol. The maximum Gasteiger partial charge on any atom is 0.0499 e. The molecule has 0 amide bonds. The highest BCUT2D eigenvalue weighted by molar-refractivity contribution is 6.30. The van der Waals surface area contributed by atoms with Crippen LogP contribution in [-0.2, 0) is 0 Å². The Morgan fingerprint density at radius 3 is 2.67 bits per heavy atom. The molecule has 0 spiro atoms. The Kier molecular flexibility index (Phi) is 2.74. The molecule has 1 unspecified atom stereocenters. The van der Waals surface area contributed by atoms with E-state index < -0.39 is 0 Å². The Morgan fingerprint density at radius 2 is 2.17 bits per heavy atom. The molecule has 12 heavy (non-hydrogen) atoms. The minimum Gasteiger partial charge on any atom is -0.398 e. The van der Waals surface area contributed by atoms with Crippen LogP contribution in [0.4, 0.5) is 5.69 Å². The van der Waals surface area contributed by atoms with Crippen molar-refractivity contribution in [3.05, 3.63) is 41.4 Å². The smallest absolute Gasteiger partial charge is 0.0499 e. The quantitative estimate of drug-likeness (QED) is 0.544. The lowest BCUT2D eigenvalue weighted by atomic mass is 10.1. The van der Waals surface area contributed by atoms with E-state index in [9.17, 15) is 0 Å². The summed E-state index contributed by atoms with van der Waals surface area (Å²) in [6, 6.07) is 5.03. The Morgan fingerprint density at radius 1 is 1.50 bits per heavy atom. The number of benzene rings is 1. The summed E-state index contributed by atoms with van der Waals surface area (Å²) in [6.07, 6.45) is 1.64. The van der Waals surface area contributed by atoms with E-state index in [2.05, 4.69) is 6.58 Å². The molecule has 0 aliphatic carbocycles. The van der Waals surface area contributed by atoms with Crippen molar-refractivity contribution >= 4 is 17.3 Å². The van der Waals surface area contributed by atoms with Gasteiger partial charge in [0, 0.05) is 16.8 Å². The topological polar surface area (TPSA) is 52.0 Å². The van der Waals surface area contributed by atoms with E-state index in [1.807, 2.05) is 6.07 Å². The fourth-order valence-electron chi connectivity index (χ4n) is 0.976. The first kappa shape index (κ1) is 9.10. The predicted molar refractivity (Wildman–Crippen MR) is 53.0 cm³/mol. The second kappa shape index (κ2) is 3.61. The fraction of sp³-hybridized carbons (Fsp3) is 0.111. The van der Waals surface area contributed by atoms with Crippen LogP contribution < -0.4 is 11.5 Å². The van der Waals surface area contributed by atoms with E-state index in [-0.39, 0.29) is 6.04 Å². The summed E-state index contributed by atoms with van der Waals surface area (Å²) in [5, 5.41) is 0.618. The van der Waals surface area contributed by atoms with Crippen molar-refractivity contribution in [1.82, 2.24) is 0 Å². The second-order valence-corrected chi connectivity index (χ2v) is 2.97. The van der Waals surface area contributed by atoms with Gasteiger partial charge in [-0.05, 0) is 17.7 Å². The van der Waals surface area contributed by atoms with Gasteiger partial charge in [0.25, 0.3) is 0 Å². The summed E-state index contributed by atoms with van der Waals surface area (Å²) >= 11 is 5.72. The molecule has 0 saturated carbocycles. The molecule has 1 aromatic rings. The molecule has 0 bridgehead atoms. The van der Waals surface area contributed by atoms with Crippen LogP contribution in [0, 0.1) is 0 Å². The molecule has 0 aromatic heterocycles. The highest BCUT2D eigenvalue weighted by Gasteiger charge is 2.05. The van der Waals surface area contributed by atoms with Crippen LogP contribution in [0.2, 0.25) is 5.02 Å². The summed E-state index contributed by atoms with van der Waals surface area (Å²) in [5.74, 6) is 0. The second-order valence-electron chi connectivity index (χ2n) is 2.53. The minimum atomic E-state index is -0.220. The molecule has 0 saturated heterocycles. The van der Waals surface area contributed by atoms with Crippen molar-refractivity contribution in [3.8, 4) is 0 Å². The third-order valence-corrected chi connectivity index (χ3v) is 1.90. The van der Waals surface area contributed by atoms with Crippen molar-refractivity contribution in [3.63, 3.8) is 0 Å². The molecule has 1 atom stereocenters. The van der Waals surface area contributed by atoms with Gasteiger partial charge in [-0.2, -0.15) is 0 Å². The number of nitrogen functional groups attached to an aromatic ring is 1. The van der Waals surface area contributed by atoms with Gasteiger partial charge in [-0.15, -0.1) is 6.58 Å². The van der Waals surface area contributed by atoms with E-state index in [1.54, 1.807) is 18.2 Å². The van der Waals surface area contributed by atoms with Crippen LogP contribution in [0.1, 0.15) is 11.6 Å². The molecule has 0 aliphatic heterocycles. The van der Waals surface area contributed by atoms with E-state index in [0.29, 0.717) is 10.7 Å². The lowest BCUT2D eigenvalue weighted by Crippen LogP contribution is -2.08. The number of halogens is 1. The van der Waals surface area contributed by atoms with Crippen LogP contribution in [-0.4, -0.2) is 0 Å². The first-order valence-electron chi connectivity index (χ1n) is 3.58. The van der Waals surface area contributed by atoms with Crippen LogP contribution in [0.25, 0.3) is 0 Å². The van der Waals surface area contributed by atoms with Crippen molar-refractivity contribution < 1.29 is 0 Å². The lowest BCUT2D eigenvalue weighted by Gasteiger charge is -2.09. The molecule has 1 aromatic carbocycles. The zero-order chi connectivity index (χ0) is 9.14. The number of rotatable bonds is 2. The van der Waals surface area contributed by atoms with Crippen molar-refractivity contribution in [2.45, 2.75) is 6.04 Å². The summed E-state index contributed by atoms with van der Waals surface area (Å²) in [4.78, 5) is 0. The van der Waals surface area contributed by atoms with E-state index in [1.165, 1.54) is 0 Å². The number of hydrogen-bond donors (Lipinski definition) is 2. The molecule has 2 nitrogen and oxygen atoms in total. The van der Waals surface area contributed by atoms with Gasteiger partial charge in [-0.25, -0.2) is 0 Å². The van der Waals surface area contributed by atoms with Crippen LogP contribution in [0.3, 0.4) is 0 Å². The molecule has 4 N–H and O–H groups in total. The first-order chi connectivity index (χ1) is 5.65. The summed E-state index contributed by atoms with van der Waals surface area (Å²) in [6.45, 7) is 3.59. The van der Waals surface area contributed by atoms with Crippen molar-refractivity contribution in [2.75, 3.05) is 5.73 Å². The van der Waals surface area contributed by atoms with E-state index in [4.69, 9.17) is 23.1 Å². The highest BCUT2D eigenvalue weighted by atomic mass is 35.5. The summed E-state index contributed by atoms with van der Waals surface area (Å²) in [7, 11) is 0. The SMILES string of the molecule is C=CC(N)c1ccc(Cl)cc1N. The third-order valence-electron chi connectivity index (χ3n) is 1.66. The van der Waals surface area contributed by atoms with Crippen LogP contribution >= 0.6 is 11.6 Å². The molecule has 0 radical (unpaired) electrons. The van der Waals surface area contributed by atoms with Crippen LogP contribution in [0.15, 0.2) is 30.9 Å². The number of anilines is 1. The fourth-order valence-corrected chi connectivity index (χ4v) is 1.16. The highest BCUT2D eigenvalue weighted by Crippen LogP contribution is 2.22. The monoisotopic (exact) mass is 182 g/mol. The first-order valence-corrected chi connectivity index (χ1v) is 3.96. The normalized spacial score (nSPS) is 12.5. The van der Waals surface area contributed by atoms with Gasteiger partial charge >= 0.3 is 0 Å². The molecule has 3 heteroatoms. The maximum absolute atomic E-state index is 5.72. The van der Waals surface area contributed by atoms with E-state index >= 15 is 0 Å². The van der Waals surface area contributed by atoms with Gasteiger partial charge in [0.2, 0.25) is 0 Å². The Balaban J connectivity index is 3.09. The Labute approximate surface area is 76.8 Å². The van der Waals surface area contributed by atoms with Crippen LogP contribution in [0.5, 0.6) is 0 Å². The zero-order valence-electron chi connectivity index (χ0n) is 6.63. The Hall–Kier alpha value is -0.990. The third kappa shape index (κ3) is 1.78. The van der Waals surface area contributed by atoms with Gasteiger partial charge in [0.15, 0.2) is 0 Å². The minimum absolute atomic E-state index is 0.220. The largest absolute Gasteiger partial charge is 0.398 e. The average molecular weight is 183 g/mol. The zero-order valence-corrected chi connectivity index (χ0v) is 7.38. The maximum atomic E-state index is 5.72. The molecular formula is C9H11ClN2. The predicted octanol–water partition coefficient (Wildman–Crippen LogP) is 2.11. The van der Waals surface area contributed by atoms with Gasteiger partial charge < -0.3 is 11.5 Å². The summed E-state index contributed by atoms with van der Waals surface area (Å²) in [5.41, 5.74) is 12.9. The summed E-state index contributed by atoms with van der Waals surface area (Å²) < 4.78 is 0. The van der Waals surface area contributed by atoms with Gasteiger partial charge in [-0.1, -0.05) is 23.7 Å². The molecule has 0 heterocycles. The number of hydrogen-bond acceptors (Lipinski definition) is 2. The standard InChI is InChI=1S/C9H11ClN2/c1-2-8(11)7-4-3-6(10)5-9(7)12/h2-5,8H,1,11-12H2. The van der Waals surface area contributed by atoms with Crippen molar-refractivity contribution in [1.29, 1.82) is 0 Å². The lowest BCUT2D eigenvalue weighted by molar-refractivity contribution is 0.918. The number of nitrogens with two attached hydrogens (primary N) is 2. The van der Waals surface area contributed by atoms with E-state index in [0.717, 1.165) is 5.56 Å². The molecule has 0 aliphatic rings. The molecule has 1 rings (SSSR count). The van der Waals surface area contributed by atoms with Crippen molar-refractivity contribution in [2.24, 2.45) is 5.73 Å².